The van der Waals surface area contributed by atoms with Crippen molar-refractivity contribution in [1.82, 2.24) is 0 Å². The largest absolute Gasteiger partial charge is 0.507 e. The number of phenolic OH excluding ortho intramolecular Hbond substituents is 1. The Morgan fingerprint density at radius 1 is 0.850 bits per heavy atom. The molecule has 0 heterocycles. The minimum absolute atomic E-state index is 0.347. The standard InChI is InChI=1S/C18H16OS/c1-13-6-8-14(9-7-13)12-20-18-11-10-17(19)15-4-2-3-5-16(15)18/h2-11,19H,12H2,1H3. The van der Waals surface area contributed by atoms with E-state index in [1.54, 1.807) is 17.8 Å². The van der Waals surface area contributed by atoms with Crippen molar-refractivity contribution in [3.8, 4) is 5.75 Å². The summed E-state index contributed by atoms with van der Waals surface area (Å²) in [4.78, 5) is 1.21. The number of hydrogen-bond acceptors (Lipinski definition) is 2. The highest BCUT2D eigenvalue weighted by Gasteiger charge is 2.05. The van der Waals surface area contributed by atoms with Crippen molar-refractivity contribution < 1.29 is 5.11 Å². The smallest absolute Gasteiger partial charge is 0.123 e. The fourth-order valence-corrected chi connectivity index (χ4v) is 3.24. The molecule has 0 fully saturated rings. The van der Waals surface area contributed by atoms with E-state index in [0.29, 0.717) is 5.75 Å². The average Bonchev–Trinajstić information content (AvgIpc) is 2.49. The van der Waals surface area contributed by atoms with Crippen LogP contribution < -0.4 is 0 Å². The van der Waals surface area contributed by atoms with Crippen molar-refractivity contribution in [3.05, 3.63) is 71.8 Å². The van der Waals surface area contributed by atoms with Crippen molar-refractivity contribution >= 4 is 22.5 Å². The number of benzene rings is 3. The Hall–Kier alpha value is -1.93. The van der Waals surface area contributed by atoms with Crippen LogP contribution >= 0.6 is 11.8 Å². The SMILES string of the molecule is Cc1ccc(CSc2ccc(O)c3ccccc23)cc1. The van der Waals surface area contributed by atoms with E-state index in [4.69, 9.17) is 0 Å². The Bertz CT molecular complexity index is 732. The van der Waals surface area contributed by atoms with E-state index in [2.05, 4.69) is 37.3 Å². The summed E-state index contributed by atoms with van der Waals surface area (Å²) in [7, 11) is 0. The maximum Gasteiger partial charge on any atom is 0.123 e. The van der Waals surface area contributed by atoms with Gasteiger partial charge in [0.1, 0.15) is 5.75 Å². The molecular weight excluding hydrogens is 264 g/mol. The lowest BCUT2D eigenvalue weighted by atomic mass is 10.1. The van der Waals surface area contributed by atoms with E-state index in [-0.39, 0.29) is 0 Å². The molecule has 1 nitrogen and oxygen atoms in total. The van der Waals surface area contributed by atoms with Gasteiger partial charge in [0, 0.05) is 16.0 Å². The number of aromatic hydroxyl groups is 1. The Morgan fingerprint density at radius 3 is 2.30 bits per heavy atom. The Labute approximate surface area is 123 Å². The van der Waals surface area contributed by atoms with Crippen LogP contribution in [0.25, 0.3) is 10.8 Å². The molecule has 3 rings (SSSR count). The van der Waals surface area contributed by atoms with Crippen molar-refractivity contribution in [2.75, 3.05) is 0 Å². The topological polar surface area (TPSA) is 20.2 Å². The molecule has 0 saturated carbocycles. The van der Waals surface area contributed by atoms with Crippen molar-refractivity contribution in [3.63, 3.8) is 0 Å². The molecule has 20 heavy (non-hydrogen) atoms. The third-order valence-electron chi connectivity index (χ3n) is 3.38. The molecule has 0 atom stereocenters. The molecule has 0 unspecified atom stereocenters. The predicted molar refractivity (Wildman–Crippen MR) is 86.4 cm³/mol. The number of fused-ring (bicyclic) bond motifs is 1. The molecule has 0 bridgehead atoms. The second kappa shape index (κ2) is 5.59. The second-order valence-electron chi connectivity index (χ2n) is 4.90. The Kier molecular flexibility index (Phi) is 3.66. The van der Waals surface area contributed by atoms with Gasteiger partial charge in [0.15, 0.2) is 0 Å². The first-order valence-corrected chi connectivity index (χ1v) is 7.61. The number of aryl methyl sites for hydroxylation is 1. The number of phenols is 1. The summed E-state index contributed by atoms with van der Waals surface area (Å²) in [5.74, 6) is 1.29. The molecule has 2 heteroatoms. The molecule has 0 amide bonds. The third-order valence-corrected chi connectivity index (χ3v) is 4.52. The van der Waals surface area contributed by atoms with Gasteiger partial charge in [-0.3, -0.25) is 0 Å². The number of hydrogen-bond donors (Lipinski definition) is 1. The van der Waals surface area contributed by atoms with Gasteiger partial charge in [0.2, 0.25) is 0 Å². The highest BCUT2D eigenvalue weighted by Crippen LogP contribution is 2.34. The lowest BCUT2D eigenvalue weighted by Gasteiger charge is -2.08. The minimum Gasteiger partial charge on any atom is -0.507 e. The number of rotatable bonds is 3. The van der Waals surface area contributed by atoms with E-state index < -0.39 is 0 Å². The van der Waals surface area contributed by atoms with E-state index in [1.165, 1.54) is 16.0 Å². The second-order valence-corrected chi connectivity index (χ2v) is 5.92. The highest BCUT2D eigenvalue weighted by atomic mass is 32.2. The van der Waals surface area contributed by atoms with Gasteiger partial charge < -0.3 is 5.11 Å². The first-order chi connectivity index (χ1) is 9.74. The summed E-state index contributed by atoms with van der Waals surface area (Å²) in [5.41, 5.74) is 2.60. The number of thioether (sulfide) groups is 1. The molecule has 3 aromatic rings. The summed E-state index contributed by atoms with van der Waals surface area (Å²) in [6, 6.07) is 20.4. The molecule has 100 valence electrons. The summed E-state index contributed by atoms with van der Waals surface area (Å²) < 4.78 is 0. The highest BCUT2D eigenvalue weighted by molar-refractivity contribution is 7.98. The lowest BCUT2D eigenvalue weighted by Crippen LogP contribution is -1.83. The van der Waals surface area contributed by atoms with Crippen molar-refractivity contribution in [2.24, 2.45) is 0 Å². The zero-order chi connectivity index (χ0) is 13.9. The molecule has 0 saturated heterocycles. The van der Waals surface area contributed by atoms with Crippen LogP contribution in [-0.4, -0.2) is 5.11 Å². The van der Waals surface area contributed by atoms with Crippen LogP contribution in [-0.2, 0) is 5.75 Å². The van der Waals surface area contributed by atoms with Gasteiger partial charge in [0.25, 0.3) is 0 Å². The summed E-state index contributed by atoms with van der Waals surface area (Å²) in [6.07, 6.45) is 0. The Balaban J connectivity index is 1.88. The fourth-order valence-electron chi connectivity index (χ4n) is 2.23. The van der Waals surface area contributed by atoms with Gasteiger partial charge in [-0.1, -0.05) is 54.1 Å². The van der Waals surface area contributed by atoms with Crippen LogP contribution in [0.5, 0.6) is 5.75 Å². The first-order valence-electron chi connectivity index (χ1n) is 6.63. The van der Waals surface area contributed by atoms with Gasteiger partial charge in [-0.15, -0.1) is 11.8 Å². The molecule has 0 aliphatic carbocycles. The van der Waals surface area contributed by atoms with Crippen molar-refractivity contribution in [1.29, 1.82) is 0 Å². The molecule has 0 spiro atoms. The molecular formula is C18H16OS. The van der Waals surface area contributed by atoms with Crippen LogP contribution in [0.1, 0.15) is 11.1 Å². The minimum atomic E-state index is 0.347. The summed E-state index contributed by atoms with van der Waals surface area (Å²) in [5, 5.41) is 11.9. The van der Waals surface area contributed by atoms with Crippen LogP contribution in [0, 0.1) is 6.92 Å². The van der Waals surface area contributed by atoms with E-state index >= 15 is 0 Å². The van der Waals surface area contributed by atoms with Crippen LogP contribution in [0.2, 0.25) is 0 Å². The van der Waals surface area contributed by atoms with E-state index in [9.17, 15) is 5.11 Å². The van der Waals surface area contributed by atoms with Gasteiger partial charge in [-0.05, 0) is 30.0 Å². The van der Waals surface area contributed by atoms with Crippen LogP contribution in [0.4, 0.5) is 0 Å². The maximum absolute atomic E-state index is 9.90. The Morgan fingerprint density at radius 2 is 1.55 bits per heavy atom. The van der Waals surface area contributed by atoms with Gasteiger partial charge in [-0.2, -0.15) is 0 Å². The molecule has 3 aromatic carbocycles. The molecule has 0 aliphatic rings. The maximum atomic E-state index is 9.90. The zero-order valence-corrected chi connectivity index (χ0v) is 12.2. The summed E-state index contributed by atoms with van der Waals surface area (Å²) in [6.45, 7) is 2.10. The molecule has 0 aromatic heterocycles. The zero-order valence-electron chi connectivity index (χ0n) is 11.3. The van der Waals surface area contributed by atoms with Crippen molar-refractivity contribution in [2.45, 2.75) is 17.6 Å². The first kappa shape index (κ1) is 13.1. The monoisotopic (exact) mass is 280 g/mol. The quantitative estimate of drug-likeness (QED) is 0.670. The van der Waals surface area contributed by atoms with E-state index in [1.807, 2.05) is 24.3 Å². The van der Waals surface area contributed by atoms with Gasteiger partial charge in [-0.25, -0.2) is 0 Å². The third kappa shape index (κ3) is 2.66. The molecule has 0 aliphatic heterocycles. The normalized spacial score (nSPS) is 10.8. The summed E-state index contributed by atoms with van der Waals surface area (Å²) >= 11 is 1.81. The predicted octanol–water partition coefficient (Wildman–Crippen LogP) is 5.15. The fraction of sp³-hybridized carbons (Fsp3) is 0.111. The van der Waals surface area contributed by atoms with E-state index in [0.717, 1.165) is 16.5 Å². The molecule has 0 radical (unpaired) electrons. The van der Waals surface area contributed by atoms with Crippen LogP contribution in [0.3, 0.4) is 0 Å². The molecule has 1 N–H and O–H groups in total. The average molecular weight is 280 g/mol. The lowest BCUT2D eigenvalue weighted by molar-refractivity contribution is 0.481. The van der Waals surface area contributed by atoms with Gasteiger partial charge in [0.05, 0.1) is 0 Å². The van der Waals surface area contributed by atoms with Gasteiger partial charge >= 0.3 is 0 Å². The van der Waals surface area contributed by atoms with Crippen LogP contribution in [0.15, 0.2) is 65.6 Å².